The van der Waals surface area contributed by atoms with E-state index < -0.39 is 0 Å². The number of piperazine rings is 1. The third kappa shape index (κ3) is 4.92. The van der Waals surface area contributed by atoms with Crippen LogP contribution in [0.2, 0.25) is 5.02 Å². The lowest BCUT2D eigenvalue weighted by molar-refractivity contribution is 0.340. The van der Waals surface area contributed by atoms with Gasteiger partial charge in [0.05, 0.1) is 11.6 Å². The van der Waals surface area contributed by atoms with Gasteiger partial charge in [-0.3, -0.25) is 0 Å². The molecule has 1 heterocycles. The molecule has 1 unspecified atom stereocenters. The molecule has 1 fully saturated rings. The van der Waals surface area contributed by atoms with E-state index in [1.165, 1.54) is 5.69 Å². The van der Waals surface area contributed by atoms with E-state index in [0.717, 1.165) is 25.4 Å². The normalized spacial score (nSPS) is 18.3. The van der Waals surface area contributed by atoms with Gasteiger partial charge in [-0.15, -0.1) is 24.8 Å². The molecule has 0 aromatic heterocycles. The van der Waals surface area contributed by atoms with Crippen molar-refractivity contribution >= 4 is 42.1 Å². The van der Waals surface area contributed by atoms with Crippen LogP contribution < -0.4 is 15.0 Å². The number of nitrogens with one attached hydrogen (secondary N) is 1. The van der Waals surface area contributed by atoms with Gasteiger partial charge in [-0.1, -0.05) is 11.6 Å². The van der Waals surface area contributed by atoms with E-state index in [-0.39, 0.29) is 24.8 Å². The van der Waals surface area contributed by atoms with Gasteiger partial charge in [-0.2, -0.15) is 0 Å². The topological polar surface area (TPSA) is 24.5 Å². The average molecular weight is 328 g/mol. The number of nitrogens with zero attached hydrogens (tertiary/aromatic N) is 1. The second kappa shape index (κ2) is 8.75. The smallest absolute Gasteiger partial charge is 0.139 e. The molecule has 110 valence electrons. The van der Waals surface area contributed by atoms with Crippen LogP contribution in [0.5, 0.6) is 5.75 Å². The first-order valence-corrected chi connectivity index (χ1v) is 6.49. The summed E-state index contributed by atoms with van der Waals surface area (Å²) in [6.07, 6.45) is 0. The standard InChI is InChI=1S/C13H19ClN2O.2ClH/c1-3-17-13-8-11(4-5-12(13)14)16-7-6-15-10(2)9-16;;/h4-5,8,10,15H,3,6-7,9H2,1-2H3;2*1H. The van der Waals surface area contributed by atoms with Crippen molar-refractivity contribution in [2.24, 2.45) is 0 Å². The summed E-state index contributed by atoms with van der Waals surface area (Å²) in [6.45, 7) is 7.88. The van der Waals surface area contributed by atoms with Crippen molar-refractivity contribution < 1.29 is 4.74 Å². The lowest BCUT2D eigenvalue weighted by atomic mass is 10.2. The third-order valence-electron chi connectivity index (χ3n) is 2.95. The van der Waals surface area contributed by atoms with Crippen molar-refractivity contribution in [1.29, 1.82) is 0 Å². The molecule has 0 spiro atoms. The van der Waals surface area contributed by atoms with Crippen molar-refractivity contribution in [2.45, 2.75) is 19.9 Å². The predicted molar refractivity (Wildman–Crippen MR) is 86.8 cm³/mol. The van der Waals surface area contributed by atoms with Gasteiger partial charge in [0.2, 0.25) is 0 Å². The minimum atomic E-state index is 0. The molecule has 1 aromatic carbocycles. The van der Waals surface area contributed by atoms with Crippen LogP contribution in [0.3, 0.4) is 0 Å². The zero-order chi connectivity index (χ0) is 12.3. The first-order valence-electron chi connectivity index (χ1n) is 6.11. The van der Waals surface area contributed by atoms with Crippen LogP contribution in [0.4, 0.5) is 5.69 Å². The minimum absolute atomic E-state index is 0. The van der Waals surface area contributed by atoms with E-state index in [9.17, 15) is 0 Å². The van der Waals surface area contributed by atoms with Gasteiger partial charge in [0, 0.05) is 37.4 Å². The number of anilines is 1. The van der Waals surface area contributed by atoms with Gasteiger partial charge >= 0.3 is 0 Å². The Balaban J connectivity index is 0.00000162. The molecule has 2 rings (SSSR count). The number of halogens is 3. The average Bonchev–Trinajstić information content (AvgIpc) is 2.32. The first kappa shape index (κ1) is 18.7. The summed E-state index contributed by atoms with van der Waals surface area (Å²) >= 11 is 6.09. The van der Waals surface area contributed by atoms with Gasteiger partial charge in [0.1, 0.15) is 5.75 Å². The fourth-order valence-electron chi connectivity index (χ4n) is 2.12. The maximum atomic E-state index is 6.09. The highest BCUT2D eigenvalue weighted by atomic mass is 35.5. The fourth-order valence-corrected chi connectivity index (χ4v) is 2.29. The van der Waals surface area contributed by atoms with Crippen molar-refractivity contribution in [3.8, 4) is 5.75 Å². The molecular weight excluding hydrogens is 307 g/mol. The summed E-state index contributed by atoms with van der Waals surface area (Å²) in [4.78, 5) is 2.36. The van der Waals surface area contributed by atoms with E-state index in [4.69, 9.17) is 16.3 Å². The summed E-state index contributed by atoms with van der Waals surface area (Å²) in [7, 11) is 0. The van der Waals surface area contributed by atoms with Crippen molar-refractivity contribution in [1.82, 2.24) is 5.32 Å². The van der Waals surface area contributed by atoms with Crippen LogP contribution in [-0.2, 0) is 0 Å². The fraction of sp³-hybridized carbons (Fsp3) is 0.538. The quantitative estimate of drug-likeness (QED) is 0.921. The monoisotopic (exact) mass is 326 g/mol. The Bertz CT molecular complexity index is 390. The molecule has 1 aromatic rings. The van der Waals surface area contributed by atoms with E-state index in [0.29, 0.717) is 17.7 Å². The molecule has 3 nitrogen and oxygen atoms in total. The number of hydrogen-bond acceptors (Lipinski definition) is 3. The minimum Gasteiger partial charge on any atom is -0.492 e. The first-order chi connectivity index (χ1) is 8.20. The number of rotatable bonds is 3. The number of ether oxygens (including phenoxy) is 1. The molecule has 1 aliphatic rings. The Hall–Kier alpha value is -0.350. The van der Waals surface area contributed by atoms with Gasteiger partial charge in [0.25, 0.3) is 0 Å². The van der Waals surface area contributed by atoms with Gasteiger partial charge in [-0.25, -0.2) is 0 Å². The SMILES string of the molecule is CCOc1cc(N2CCNC(C)C2)ccc1Cl.Cl.Cl. The molecular formula is C13H21Cl3N2O. The molecule has 0 aliphatic carbocycles. The number of hydrogen-bond donors (Lipinski definition) is 1. The second-order valence-electron chi connectivity index (χ2n) is 4.35. The highest BCUT2D eigenvalue weighted by Crippen LogP contribution is 2.30. The van der Waals surface area contributed by atoms with Crippen LogP contribution in [0, 0.1) is 0 Å². The van der Waals surface area contributed by atoms with E-state index in [1.54, 1.807) is 0 Å². The van der Waals surface area contributed by atoms with E-state index in [1.807, 2.05) is 19.1 Å². The van der Waals surface area contributed by atoms with Gasteiger partial charge < -0.3 is 15.0 Å². The van der Waals surface area contributed by atoms with Crippen LogP contribution in [0.25, 0.3) is 0 Å². The lowest BCUT2D eigenvalue weighted by Gasteiger charge is -2.33. The molecule has 0 amide bonds. The largest absolute Gasteiger partial charge is 0.492 e. The number of benzene rings is 1. The van der Waals surface area contributed by atoms with Crippen LogP contribution in [-0.4, -0.2) is 32.3 Å². The zero-order valence-electron chi connectivity index (χ0n) is 11.2. The molecule has 0 saturated carbocycles. The molecule has 0 bridgehead atoms. The van der Waals surface area contributed by atoms with Crippen LogP contribution in [0.1, 0.15) is 13.8 Å². The Morgan fingerprint density at radius 2 is 2.16 bits per heavy atom. The zero-order valence-corrected chi connectivity index (χ0v) is 13.6. The molecule has 19 heavy (non-hydrogen) atoms. The Morgan fingerprint density at radius 1 is 1.42 bits per heavy atom. The summed E-state index contributed by atoms with van der Waals surface area (Å²) in [5.41, 5.74) is 1.19. The highest BCUT2D eigenvalue weighted by Gasteiger charge is 2.16. The molecule has 0 radical (unpaired) electrons. The van der Waals surface area contributed by atoms with Crippen molar-refractivity contribution in [3.05, 3.63) is 23.2 Å². The van der Waals surface area contributed by atoms with Gasteiger partial charge in [0.15, 0.2) is 0 Å². The Kier molecular flexibility index (Phi) is 8.59. The summed E-state index contributed by atoms with van der Waals surface area (Å²) in [6, 6.07) is 6.52. The molecule has 6 heteroatoms. The molecule has 1 aliphatic heterocycles. The predicted octanol–water partition coefficient (Wildman–Crippen LogP) is 3.38. The summed E-state index contributed by atoms with van der Waals surface area (Å²) in [5.74, 6) is 0.776. The van der Waals surface area contributed by atoms with Gasteiger partial charge in [-0.05, 0) is 26.0 Å². The third-order valence-corrected chi connectivity index (χ3v) is 3.26. The van der Waals surface area contributed by atoms with Crippen LogP contribution >= 0.6 is 36.4 Å². The molecule has 1 saturated heterocycles. The molecule has 1 atom stereocenters. The maximum absolute atomic E-state index is 6.09. The molecule has 1 N–H and O–H groups in total. The van der Waals surface area contributed by atoms with E-state index >= 15 is 0 Å². The van der Waals surface area contributed by atoms with Crippen molar-refractivity contribution in [2.75, 3.05) is 31.1 Å². The summed E-state index contributed by atoms with van der Waals surface area (Å²) < 4.78 is 5.52. The van der Waals surface area contributed by atoms with Crippen molar-refractivity contribution in [3.63, 3.8) is 0 Å². The summed E-state index contributed by atoms with van der Waals surface area (Å²) in [5, 5.41) is 4.11. The highest BCUT2D eigenvalue weighted by molar-refractivity contribution is 6.32. The Labute approximate surface area is 132 Å². The second-order valence-corrected chi connectivity index (χ2v) is 4.76. The van der Waals surface area contributed by atoms with Crippen LogP contribution in [0.15, 0.2) is 18.2 Å². The lowest BCUT2D eigenvalue weighted by Crippen LogP contribution is -2.49. The maximum Gasteiger partial charge on any atom is 0.139 e. The van der Waals surface area contributed by atoms with E-state index in [2.05, 4.69) is 23.2 Å². The Morgan fingerprint density at radius 3 is 2.79 bits per heavy atom.